The van der Waals surface area contributed by atoms with Crippen molar-refractivity contribution in [3.05, 3.63) is 59.6 Å². The normalized spacial score (nSPS) is 11.0. The zero-order valence-electron chi connectivity index (χ0n) is 12.2. The van der Waals surface area contributed by atoms with Crippen LogP contribution in [0.1, 0.15) is 12.5 Å². The first-order chi connectivity index (χ1) is 10.6. The number of ether oxygens (including phenoxy) is 2. The molecule has 2 aromatic carbocycles. The van der Waals surface area contributed by atoms with Crippen molar-refractivity contribution in [2.45, 2.75) is 6.92 Å². The van der Waals surface area contributed by atoms with Crippen LogP contribution in [0.4, 0.5) is 13.2 Å². The van der Waals surface area contributed by atoms with Crippen LogP contribution < -0.4 is 4.74 Å². The third-order valence-corrected chi connectivity index (χ3v) is 3.04. The summed E-state index contributed by atoms with van der Waals surface area (Å²) >= 11 is 0. The van der Waals surface area contributed by atoms with Crippen molar-refractivity contribution < 1.29 is 22.6 Å². The van der Waals surface area contributed by atoms with Crippen molar-refractivity contribution in [3.63, 3.8) is 0 Å². The Bertz CT molecular complexity index is 697. The zero-order valence-corrected chi connectivity index (χ0v) is 12.2. The summed E-state index contributed by atoms with van der Waals surface area (Å²) in [5, 5.41) is 0. The minimum absolute atomic E-state index is 0.0258. The Hall–Kier alpha value is -2.43. The Morgan fingerprint density at radius 1 is 1.05 bits per heavy atom. The first-order valence-electron chi connectivity index (χ1n) is 6.68. The highest BCUT2D eigenvalue weighted by atomic mass is 19.2. The summed E-state index contributed by atoms with van der Waals surface area (Å²) < 4.78 is 51.6. The van der Waals surface area contributed by atoms with E-state index in [4.69, 9.17) is 9.47 Å². The van der Waals surface area contributed by atoms with Gasteiger partial charge in [-0.05, 0) is 36.8 Å². The summed E-state index contributed by atoms with van der Waals surface area (Å²) in [5.74, 6) is -2.86. The molecule has 0 unspecified atom stereocenters. The maximum atomic E-state index is 14.1. The van der Waals surface area contributed by atoms with Gasteiger partial charge in [0.25, 0.3) is 0 Å². The van der Waals surface area contributed by atoms with Crippen LogP contribution in [0, 0.1) is 17.5 Å². The van der Waals surface area contributed by atoms with Gasteiger partial charge in [0.15, 0.2) is 11.6 Å². The van der Waals surface area contributed by atoms with Crippen LogP contribution in [0.5, 0.6) is 5.75 Å². The molecule has 22 heavy (non-hydrogen) atoms. The Labute approximate surface area is 126 Å². The molecule has 0 bridgehead atoms. The molecule has 0 atom stereocenters. The highest BCUT2D eigenvalue weighted by molar-refractivity contribution is 5.67. The van der Waals surface area contributed by atoms with E-state index in [1.807, 2.05) is 0 Å². The number of methoxy groups -OCH3 is 1. The third kappa shape index (κ3) is 3.24. The van der Waals surface area contributed by atoms with Crippen molar-refractivity contribution in [3.8, 4) is 16.9 Å². The maximum absolute atomic E-state index is 14.1. The topological polar surface area (TPSA) is 18.5 Å². The highest BCUT2D eigenvalue weighted by Crippen LogP contribution is 2.30. The van der Waals surface area contributed by atoms with Gasteiger partial charge in [-0.15, -0.1) is 0 Å². The fourth-order valence-electron chi connectivity index (χ4n) is 1.99. The standard InChI is InChI=1S/C17H15F3O2/c1-3-22-15-7-6-13(16(19)17(15)20)12-5-4-11(8-9-21-2)14(18)10-12/h4-10H,3H2,1-2H3/b9-8+. The first-order valence-corrected chi connectivity index (χ1v) is 6.68. The molecule has 0 heterocycles. The molecule has 116 valence electrons. The zero-order chi connectivity index (χ0) is 16.1. The Morgan fingerprint density at radius 2 is 1.82 bits per heavy atom. The fourth-order valence-corrected chi connectivity index (χ4v) is 1.99. The summed E-state index contributed by atoms with van der Waals surface area (Å²) in [6.45, 7) is 1.90. The summed E-state index contributed by atoms with van der Waals surface area (Å²) in [4.78, 5) is 0. The lowest BCUT2D eigenvalue weighted by Gasteiger charge is -2.10. The number of hydrogen-bond acceptors (Lipinski definition) is 2. The second kappa shape index (κ2) is 7.02. The monoisotopic (exact) mass is 308 g/mol. The molecule has 0 aliphatic heterocycles. The molecule has 2 nitrogen and oxygen atoms in total. The van der Waals surface area contributed by atoms with Crippen molar-refractivity contribution in [2.75, 3.05) is 13.7 Å². The number of hydrogen-bond donors (Lipinski definition) is 0. The molecule has 0 fully saturated rings. The highest BCUT2D eigenvalue weighted by Gasteiger charge is 2.16. The number of halogens is 3. The lowest BCUT2D eigenvalue weighted by Crippen LogP contribution is -1.98. The van der Waals surface area contributed by atoms with E-state index in [-0.39, 0.29) is 29.0 Å². The number of benzene rings is 2. The van der Waals surface area contributed by atoms with Gasteiger partial charge in [-0.1, -0.05) is 12.1 Å². The molecule has 0 spiro atoms. The molecule has 0 aromatic heterocycles. The summed E-state index contributed by atoms with van der Waals surface area (Å²) in [6, 6.07) is 6.81. The molecule has 0 amide bonds. The van der Waals surface area contributed by atoms with Crippen LogP contribution in [0.2, 0.25) is 0 Å². The molecule has 0 aliphatic rings. The van der Waals surface area contributed by atoms with Gasteiger partial charge in [0.1, 0.15) is 5.82 Å². The van der Waals surface area contributed by atoms with E-state index in [0.29, 0.717) is 0 Å². The summed E-state index contributed by atoms with van der Waals surface area (Å²) in [7, 11) is 1.45. The van der Waals surface area contributed by atoms with Crippen LogP contribution >= 0.6 is 0 Å². The van der Waals surface area contributed by atoms with Gasteiger partial charge in [0.2, 0.25) is 5.82 Å². The van der Waals surface area contributed by atoms with E-state index >= 15 is 0 Å². The van der Waals surface area contributed by atoms with Gasteiger partial charge >= 0.3 is 0 Å². The molecule has 0 aliphatic carbocycles. The minimum Gasteiger partial charge on any atom is -0.504 e. The predicted octanol–water partition coefficient (Wildman–Crippen LogP) is 4.79. The largest absolute Gasteiger partial charge is 0.504 e. The average molecular weight is 308 g/mol. The Kier molecular flexibility index (Phi) is 5.09. The van der Waals surface area contributed by atoms with Crippen LogP contribution in [-0.2, 0) is 4.74 Å². The van der Waals surface area contributed by atoms with Crippen molar-refractivity contribution in [2.24, 2.45) is 0 Å². The van der Waals surface area contributed by atoms with Gasteiger partial charge in [0, 0.05) is 11.1 Å². The van der Waals surface area contributed by atoms with E-state index in [0.717, 1.165) is 6.07 Å². The van der Waals surface area contributed by atoms with Crippen molar-refractivity contribution in [1.82, 2.24) is 0 Å². The predicted molar refractivity (Wildman–Crippen MR) is 79.0 cm³/mol. The molecule has 2 rings (SSSR count). The lowest BCUT2D eigenvalue weighted by atomic mass is 10.0. The first kappa shape index (κ1) is 15.9. The SMILES string of the molecule is CCOc1ccc(-c2ccc(/C=C/OC)c(F)c2)c(F)c1F. The second-order valence-electron chi connectivity index (χ2n) is 4.45. The van der Waals surface area contributed by atoms with Crippen LogP contribution in [-0.4, -0.2) is 13.7 Å². The Balaban J connectivity index is 2.42. The second-order valence-corrected chi connectivity index (χ2v) is 4.45. The summed E-state index contributed by atoms with van der Waals surface area (Å²) in [5.41, 5.74) is 0.506. The Morgan fingerprint density at radius 3 is 2.45 bits per heavy atom. The van der Waals surface area contributed by atoms with E-state index < -0.39 is 17.5 Å². The van der Waals surface area contributed by atoms with Crippen molar-refractivity contribution >= 4 is 6.08 Å². The molecule has 5 heteroatoms. The van der Waals surface area contributed by atoms with Gasteiger partial charge < -0.3 is 9.47 Å². The molecule has 0 saturated heterocycles. The van der Waals surface area contributed by atoms with E-state index in [1.165, 1.54) is 43.7 Å². The van der Waals surface area contributed by atoms with Crippen LogP contribution in [0.25, 0.3) is 17.2 Å². The van der Waals surface area contributed by atoms with E-state index in [1.54, 1.807) is 6.92 Å². The molecule has 0 saturated carbocycles. The third-order valence-electron chi connectivity index (χ3n) is 3.04. The molecular formula is C17H15F3O2. The summed E-state index contributed by atoms with van der Waals surface area (Å²) in [6.07, 6.45) is 2.77. The van der Waals surface area contributed by atoms with Gasteiger partial charge in [-0.3, -0.25) is 0 Å². The quantitative estimate of drug-likeness (QED) is 0.740. The van der Waals surface area contributed by atoms with Crippen LogP contribution in [0.15, 0.2) is 36.6 Å². The molecule has 0 radical (unpaired) electrons. The maximum Gasteiger partial charge on any atom is 0.201 e. The minimum atomic E-state index is -1.08. The number of rotatable bonds is 5. The molecule has 0 N–H and O–H groups in total. The van der Waals surface area contributed by atoms with Gasteiger partial charge in [0.05, 0.1) is 20.0 Å². The van der Waals surface area contributed by atoms with Crippen LogP contribution in [0.3, 0.4) is 0 Å². The smallest absolute Gasteiger partial charge is 0.201 e. The molecular weight excluding hydrogens is 293 g/mol. The van der Waals surface area contributed by atoms with E-state index in [9.17, 15) is 13.2 Å². The average Bonchev–Trinajstić information content (AvgIpc) is 2.51. The van der Waals surface area contributed by atoms with Crippen molar-refractivity contribution in [1.29, 1.82) is 0 Å². The lowest BCUT2D eigenvalue weighted by molar-refractivity contribution is 0.314. The molecule has 2 aromatic rings. The van der Waals surface area contributed by atoms with E-state index in [2.05, 4.69) is 0 Å². The van der Waals surface area contributed by atoms with Gasteiger partial charge in [-0.2, -0.15) is 4.39 Å². The van der Waals surface area contributed by atoms with Gasteiger partial charge in [-0.25, -0.2) is 8.78 Å². The fraction of sp³-hybridized carbons (Fsp3) is 0.176.